The van der Waals surface area contributed by atoms with Crippen LogP contribution in [0, 0.1) is 0 Å². The second kappa shape index (κ2) is 7.84. The van der Waals surface area contributed by atoms with Crippen molar-refractivity contribution in [3.8, 4) is 5.75 Å². The highest BCUT2D eigenvalue weighted by Crippen LogP contribution is 2.13. The number of hydrogen-bond donors (Lipinski definition) is 2. The number of nitrogens with one attached hydrogen (secondary N) is 1. The Kier molecular flexibility index (Phi) is 6.43. The summed E-state index contributed by atoms with van der Waals surface area (Å²) in [7, 11) is 1.61. The molecule has 0 aromatic heterocycles. The second-order valence-corrected chi connectivity index (χ2v) is 6.06. The number of carbonyl (C=O) groups excluding carboxylic acids is 1. The molecule has 0 heterocycles. The third-order valence-corrected chi connectivity index (χ3v) is 2.86. The number of carbonyl (C=O) groups is 1. The minimum absolute atomic E-state index is 0.454. The van der Waals surface area contributed by atoms with Crippen LogP contribution >= 0.6 is 0 Å². The van der Waals surface area contributed by atoms with Crippen molar-refractivity contribution >= 4 is 12.2 Å². The zero-order valence-corrected chi connectivity index (χ0v) is 13.8. The predicted octanol–water partition coefficient (Wildman–Crippen LogP) is 2.98. The molecule has 0 bridgehead atoms. The Bertz CT molecular complexity index is 502. The Morgan fingerprint density at radius 2 is 1.86 bits per heavy atom. The van der Waals surface area contributed by atoms with Crippen LogP contribution in [0.2, 0.25) is 0 Å². The van der Waals surface area contributed by atoms with E-state index in [9.17, 15) is 9.90 Å². The fourth-order valence-corrected chi connectivity index (χ4v) is 1.67. The second-order valence-electron chi connectivity index (χ2n) is 6.06. The molecular formula is C17H25NO4. The van der Waals surface area contributed by atoms with Crippen molar-refractivity contribution in [2.24, 2.45) is 0 Å². The maximum atomic E-state index is 11.6. The number of aliphatic hydroxyl groups excluding tert-OH is 1. The van der Waals surface area contributed by atoms with Gasteiger partial charge in [0.15, 0.2) is 0 Å². The van der Waals surface area contributed by atoms with Crippen molar-refractivity contribution < 1.29 is 19.4 Å². The quantitative estimate of drug-likeness (QED) is 0.877. The van der Waals surface area contributed by atoms with E-state index in [1.165, 1.54) is 0 Å². The molecule has 122 valence electrons. The summed E-state index contributed by atoms with van der Waals surface area (Å²) in [6, 6.07) is 6.99. The zero-order chi connectivity index (χ0) is 16.8. The van der Waals surface area contributed by atoms with E-state index in [0.29, 0.717) is 0 Å². The first-order valence-corrected chi connectivity index (χ1v) is 7.21. The Labute approximate surface area is 131 Å². The van der Waals surface area contributed by atoms with E-state index in [2.05, 4.69) is 5.32 Å². The van der Waals surface area contributed by atoms with Crippen molar-refractivity contribution in [2.45, 2.75) is 45.4 Å². The third kappa shape index (κ3) is 6.63. The van der Waals surface area contributed by atoms with Crippen LogP contribution in [-0.2, 0) is 4.74 Å². The topological polar surface area (TPSA) is 67.8 Å². The number of aliphatic hydroxyl groups is 1. The van der Waals surface area contributed by atoms with Gasteiger partial charge in [-0.25, -0.2) is 4.79 Å². The minimum Gasteiger partial charge on any atom is -0.497 e. The standard InChI is InChI=1S/C17H25NO4/c1-12(18-16(20)22-17(2,3)4)15(19)11-8-13-6-9-14(21-5)10-7-13/h6-12,15,19H,1-5H3,(H,18,20)/b11-8-/t12-,15+/m1/s1. The molecule has 0 spiro atoms. The Balaban J connectivity index is 2.53. The number of benzene rings is 1. The van der Waals surface area contributed by atoms with Crippen molar-refractivity contribution in [2.75, 3.05) is 7.11 Å². The van der Waals surface area contributed by atoms with Crippen LogP contribution in [0.5, 0.6) is 5.75 Å². The van der Waals surface area contributed by atoms with Gasteiger partial charge in [-0.3, -0.25) is 0 Å². The number of ether oxygens (including phenoxy) is 2. The molecule has 5 heteroatoms. The summed E-state index contributed by atoms with van der Waals surface area (Å²) < 4.78 is 10.2. The molecule has 0 aliphatic rings. The summed E-state index contributed by atoms with van der Waals surface area (Å²) in [5.41, 5.74) is 0.373. The summed E-state index contributed by atoms with van der Waals surface area (Å²) in [5, 5.41) is 12.7. The molecule has 0 saturated heterocycles. The molecule has 1 aromatic rings. The molecule has 0 fully saturated rings. The molecule has 5 nitrogen and oxygen atoms in total. The van der Waals surface area contributed by atoms with Gasteiger partial charge < -0.3 is 19.9 Å². The molecule has 0 aliphatic heterocycles. The van der Waals surface area contributed by atoms with Crippen LogP contribution in [-0.4, -0.2) is 36.1 Å². The molecule has 2 N–H and O–H groups in total. The molecule has 0 radical (unpaired) electrons. The van der Waals surface area contributed by atoms with Crippen molar-refractivity contribution in [3.05, 3.63) is 35.9 Å². The number of amides is 1. The molecule has 1 amide bonds. The van der Waals surface area contributed by atoms with E-state index in [4.69, 9.17) is 9.47 Å². The summed E-state index contributed by atoms with van der Waals surface area (Å²) in [6.45, 7) is 7.08. The highest BCUT2D eigenvalue weighted by Gasteiger charge is 2.20. The Hall–Kier alpha value is -2.01. The predicted molar refractivity (Wildman–Crippen MR) is 86.9 cm³/mol. The van der Waals surface area contributed by atoms with Gasteiger partial charge in [0.1, 0.15) is 11.4 Å². The van der Waals surface area contributed by atoms with Gasteiger partial charge in [0.05, 0.1) is 19.3 Å². The molecule has 22 heavy (non-hydrogen) atoms. The molecule has 2 atom stereocenters. The monoisotopic (exact) mass is 307 g/mol. The van der Waals surface area contributed by atoms with E-state index in [0.717, 1.165) is 11.3 Å². The van der Waals surface area contributed by atoms with Crippen LogP contribution in [0.15, 0.2) is 30.3 Å². The average Bonchev–Trinajstić information content (AvgIpc) is 2.43. The molecular weight excluding hydrogens is 282 g/mol. The molecule has 0 saturated carbocycles. The van der Waals surface area contributed by atoms with Gasteiger partial charge in [0.25, 0.3) is 0 Å². The number of alkyl carbamates (subject to hydrolysis) is 1. The minimum atomic E-state index is -0.811. The Morgan fingerprint density at radius 1 is 1.27 bits per heavy atom. The van der Waals surface area contributed by atoms with Crippen LogP contribution < -0.4 is 10.1 Å². The van der Waals surface area contributed by atoms with E-state index in [1.807, 2.05) is 24.3 Å². The maximum absolute atomic E-state index is 11.6. The van der Waals surface area contributed by atoms with Crippen LogP contribution in [0.25, 0.3) is 6.08 Å². The fraction of sp³-hybridized carbons (Fsp3) is 0.471. The molecule has 0 aliphatic carbocycles. The van der Waals surface area contributed by atoms with Gasteiger partial charge in [-0.15, -0.1) is 0 Å². The van der Waals surface area contributed by atoms with Gasteiger partial charge in [-0.1, -0.05) is 24.3 Å². The zero-order valence-electron chi connectivity index (χ0n) is 13.8. The Morgan fingerprint density at radius 3 is 2.36 bits per heavy atom. The molecule has 1 aromatic carbocycles. The lowest BCUT2D eigenvalue weighted by atomic mass is 10.1. The lowest BCUT2D eigenvalue weighted by molar-refractivity contribution is 0.0465. The number of methoxy groups -OCH3 is 1. The maximum Gasteiger partial charge on any atom is 0.407 e. The van der Waals surface area contributed by atoms with E-state index < -0.39 is 23.8 Å². The van der Waals surface area contributed by atoms with E-state index in [-0.39, 0.29) is 0 Å². The van der Waals surface area contributed by atoms with Crippen molar-refractivity contribution in [1.82, 2.24) is 5.32 Å². The molecule has 1 rings (SSSR count). The smallest absolute Gasteiger partial charge is 0.407 e. The third-order valence-electron chi connectivity index (χ3n) is 2.86. The van der Waals surface area contributed by atoms with E-state index in [1.54, 1.807) is 47.0 Å². The first-order chi connectivity index (χ1) is 10.2. The summed E-state index contributed by atoms with van der Waals surface area (Å²) >= 11 is 0. The largest absolute Gasteiger partial charge is 0.497 e. The number of hydrogen-bond acceptors (Lipinski definition) is 4. The lowest BCUT2D eigenvalue weighted by Crippen LogP contribution is -2.42. The van der Waals surface area contributed by atoms with Crippen LogP contribution in [0.1, 0.15) is 33.3 Å². The number of rotatable bonds is 5. The molecule has 0 unspecified atom stereocenters. The highest BCUT2D eigenvalue weighted by atomic mass is 16.6. The van der Waals surface area contributed by atoms with Gasteiger partial charge in [0.2, 0.25) is 0 Å². The van der Waals surface area contributed by atoms with Gasteiger partial charge in [-0.2, -0.15) is 0 Å². The summed E-state index contributed by atoms with van der Waals surface area (Å²) in [5.74, 6) is 0.776. The first kappa shape index (κ1) is 18.0. The summed E-state index contributed by atoms with van der Waals surface area (Å²) in [6.07, 6.45) is 2.06. The van der Waals surface area contributed by atoms with E-state index >= 15 is 0 Å². The van der Waals surface area contributed by atoms with Gasteiger partial charge >= 0.3 is 6.09 Å². The summed E-state index contributed by atoms with van der Waals surface area (Å²) in [4.78, 5) is 11.6. The van der Waals surface area contributed by atoms with Crippen molar-refractivity contribution in [1.29, 1.82) is 0 Å². The van der Waals surface area contributed by atoms with Crippen LogP contribution in [0.3, 0.4) is 0 Å². The van der Waals surface area contributed by atoms with Crippen molar-refractivity contribution in [3.63, 3.8) is 0 Å². The SMILES string of the molecule is COc1ccc(/C=C\[C@H](O)[C@@H](C)NC(=O)OC(C)(C)C)cc1. The lowest BCUT2D eigenvalue weighted by Gasteiger charge is -2.23. The van der Waals surface area contributed by atoms with Crippen LogP contribution in [0.4, 0.5) is 4.79 Å². The van der Waals surface area contributed by atoms with Gasteiger partial charge in [-0.05, 0) is 45.4 Å². The first-order valence-electron chi connectivity index (χ1n) is 7.21. The normalized spacial score (nSPS) is 14.5. The highest BCUT2D eigenvalue weighted by molar-refractivity contribution is 5.68. The van der Waals surface area contributed by atoms with Gasteiger partial charge in [0, 0.05) is 0 Å². The average molecular weight is 307 g/mol. The fourth-order valence-electron chi connectivity index (χ4n) is 1.67.